The van der Waals surface area contributed by atoms with Gasteiger partial charge in [-0.2, -0.15) is 0 Å². The summed E-state index contributed by atoms with van der Waals surface area (Å²) < 4.78 is 5.97. The molecule has 5 nitrogen and oxygen atoms in total. The average Bonchev–Trinajstić information content (AvgIpc) is 2.50. The van der Waals surface area contributed by atoms with Gasteiger partial charge in [-0.1, -0.05) is 25.5 Å². The second kappa shape index (κ2) is 10.5. The molecule has 0 aromatic heterocycles. The molecule has 0 spiro atoms. The average molecular weight is 394 g/mol. The summed E-state index contributed by atoms with van der Waals surface area (Å²) in [6.07, 6.45) is 2.24. The lowest BCUT2D eigenvalue weighted by molar-refractivity contribution is -0.0432. The normalized spacial score (nSPS) is 25.7. The van der Waals surface area contributed by atoms with Gasteiger partial charge in [0.05, 0.1) is 12.7 Å². The Balaban J connectivity index is 1.52. The van der Waals surface area contributed by atoms with E-state index in [0.29, 0.717) is 12.1 Å². The largest absolute Gasteiger partial charge is 0.377 e. The van der Waals surface area contributed by atoms with Crippen LogP contribution in [0, 0.1) is 5.92 Å². The number of hydrogen-bond donors (Lipinski definition) is 1. The van der Waals surface area contributed by atoms with E-state index in [-0.39, 0.29) is 5.24 Å². The first-order chi connectivity index (χ1) is 11.5. The molecule has 140 valence electrons. The first-order valence-corrected chi connectivity index (χ1v) is 12.0. The molecule has 0 aromatic rings. The first kappa shape index (κ1) is 20.7. The van der Waals surface area contributed by atoms with Gasteiger partial charge in [-0.3, -0.25) is 9.69 Å². The van der Waals surface area contributed by atoms with E-state index < -0.39 is 0 Å². The third-order valence-corrected chi connectivity index (χ3v) is 6.69. The predicted octanol–water partition coefficient (Wildman–Crippen LogP) is 3.09. The molecular weight excluding hydrogens is 362 g/mol. The van der Waals surface area contributed by atoms with E-state index in [2.05, 4.69) is 35.3 Å². The van der Waals surface area contributed by atoms with Crippen LogP contribution in [0.2, 0.25) is 0 Å². The van der Waals surface area contributed by atoms with Crippen molar-refractivity contribution in [3.8, 4) is 0 Å². The molecule has 0 aromatic carbocycles. The highest BCUT2D eigenvalue weighted by molar-refractivity contribution is 9.08. The fourth-order valence-electron chi connectivity index (χ4n) is 3.29. The minimum absolute atomic E-state index is 0.0812. The number of hydrogen-bond acceptors (Lipinski definition) is 7. The summed E-state index contributed by atoms with van der Waals surface area (Å²) in [5.74, 6) is 0.751. The van der Waals surface area contributed by atoms with Crippen molar-refractivity contribution in [2.24, 2.45) is 5.92 Å². The van der Waals surface area contributed by atoms with Gasteiger partial charge in [0.1, 0.15) is 0 Å². The molecule has 0 atom stereocenters. The van der Waals surface area contributed by atoms with Gasteiger partial charge >= 0.3 is 0 Å². The van der Waals surface area contributed by atoms with Crippen molar-refractivity contribution in [1.82, 2.24) is 14.7 Å². The molecule has 1 heterocycles. The highest BCUT2D eigenvalue weighted by atomic mass is 33.5. The van der Waals surface area contributed by atoms with Crippen LogP contribution in [0.4, 0.5) is 4.79 Å². The van der Waals surface area contributed by atoms with Crippen molar-refractivity contribution in [2.45, 2.75) is 38.8 Å². The monoisotopic (exact) mass is 393 g/mol. The molecule has 2 aliphatic rings. The molecule has 2 fully saturated rings. The van der Waals surface area contributed by atoms with E-state index in [4.69, 9.17) is 4.74 Å². The van der Waals surface area contributed by atoms with Crippen LogP contribution in [-0.4, -0.2) is 85.0 Å². The van der Waals surface area contributed by atoms with E-state index >= 15 is 0 Å². The molecule has 1 saturated heterocycles. The number of carbonyl (C=O) groups is 1. The number of nitrogens with zero attached hydrogens (tertiary/aromatic N) is 3. The van der Waals surface area contributed by atoms with Crippen molar-refractivity contribution in [3.63, 3.8) is 0 Å². The van der Waals surface area contributed by atoms with Crippen LogP contribution in [0.3, 0.4) is 0 Å². The van der Waals surface area contributed by atoms with Crippen molar-refractivity contribution >= 4 is 37.5 Å². The van der Waals surface area contributed by atoms with E-state index in [1.165, 1.54) is 40.3 Å². The maximum atomic E-state index is 11.8. The number of thiol groups is 1. The van der Waals surface area contributed by atoms with Crippen LogP contribution in [0.5, 0.6) is 0 Å². The molecule has 2 rings (SSSR count). The summed E-state index contributed by atoms with van der Waals surface area (Å²) in [7, 11) is 4.25. The predicted molar refractivity (Wildman–Crippen MR) is 108 cm³/mol. The molecule has 1 aliphatic heterocycles. The molecule has 0 radical (unpaired) electrons. The summed E-state index contributed by atoms with van der Waals surface area (Å²) in [5, 5.41) is 0.0812. The maximum absolute atomic E-state index is 11.8. The Morgan fingerprint density at radius 3 is 2.46 bits per heavy atom. The highest BCUT2D eigenvalue weighted by Crippen LogP contribution is 2.33. The molecule has 1 saturated carbocycles. The van der Waals surface area contributed by atoms with Crippen molar-refractivity contribution in [3.05, 3.63) is 0 Å². The summed E-state index contributed by atoms with van der Waals surface area (Å²) in [5.41, 5.74) is 0. The lowest BCUT2D eigenvalue weighted by Crippen LogP contribution is -2.50. The van der Waals surface area contributed by atoms with Gasteiger partial charge in [-0.05, 0) is 28.6 Å². The Labute approximate surface area is 159 Å². The Hall–Kier alpha value is 0.400. The number of rotatable bonds is 8. The molecule has 0 N–H and O–H groups in total. The molecule has 0 bridgehead atoms. The summed E-state index contributed by atoms with van der Waals surface area (Å²) in [6.45, 7) is 12.3. The van der Waals surface area contributed by atoms with Gasteiger partial charge in [-0.25, -0.2) is 0 Å². The summed E-state index contributed by atoms with van der Waals surface area (Å²) in [6, 6.07) is 0.329. The lowest BCUT2D eigenvalue weighted by atomic mass is 9.88. The number of ether oxygens (including phenoxy) is 1. The molecule has 24 heavy (non-hydrogen) atoms. The van der Waals surface area contributed by atoms with Gasteiger partial charge in [-0.15, -0.1) is 0 Å². The number of carbonyl (C=O) groups excluding carboxylic acids is 1. The third kappa shape index (κ3) is 6.61. The van der Waals surface area contributed by atoms with Crippen LogP contribution in [-0.2, 0) is 4.74 Å². The smallest absolute Gasteiger partial charge is 0.293 e. The summed E-state index contributed by atoms with van der Waals surface area (Å²) >= 11 is 4.01. The minimum atomic E-state index is 0.0812. The topological polar surface area (TPSA) is 36.0 Å². The second-order valence-corrected chi connectivity index (χ2v) is 10.1. The first-order valence-electron chi connectivity index (χ1n) is 8.80. The van der Waals surface area contributed by atoms with E-state index in [0.717, 1.165) is 45.0 Å². The molecule has 8 heteroatoms. The van der Waals surface area contributed by atoms with Crippen molar-refractivity contribution < 1.29 is 9.53 Å². The van der Waals surface area contributed by atoms with Crippen LogP contribution in [0.15, 0.2) is 0 Å². The van der Waals surface area contributed by atoms with Crippen LogP contribution in [0.25, 0.3) is 0 Å². The standard InChI is InChI=1S/C16H31N3O2S3/c1-13(2)12-19-6-4-18(5-7-19)8-9-21-15-10-14(11-15)17(3)16(20)23-24-22/h13-15,22H,4-12H2,1-3H3/t14-,15-. The van der Waals surface area contributed by atoms with Crippen LogP contribution < -0.4 is 0 Å². The molecule has 1 aliphatic carbocycles. The van der Waals surface area contributed by atoms with Crippen molar-refractivity contribution in [2.75, 3.05) is 52.9 Å². The molecule has 1 amide bonds. The van der Waals surface area contributed by atoms with E-state index in [1.54, 1.807) is 0 Å². The van der Waals surface area contributed by atoms with Crippen LogP contribution >= 0.6 is 32.3 Å². The Kier molecular flexibility index (Phi) is 9.08. The van der Waals surface area contributed by atoms with Gasteiger partial charge in [0.15, 0.2) is 0 Å². The van der Waals surface area contributed by atoms with E-state index in [1.807, 2.05) is 11.9 Å². The Morgan fingerprint density at radius 1 is 1.25 bits per heavy atom. The van der Waals surface area contributed by atoms with Gasteiger partial charge in [0.25, 0.3) is 5.24 Å². The zero-order valence-corrected chi connectivity index (χ0v) is 17.5. The van der Waals surface area contributed by atoms with Gasteiger partial charge < -0.3 is 14.5 Å². The highest BCUT2D eigenvalue weighted by Gasteiger charge is 2.35. The van der Waals surface area contributed by atoms with Gasteiger partial charge in [0, 0.05) is 63.2 Å². The number of amides is 1. The van der Waals surface area contributed by atoms with Gasteiger partial charge in [0.2, 0.25) is 0 Å². The zero-order chi connectivity index (χ0) is 17.5. The number of piperazine rings is 1. The minimum Gasteiger partial charge on any atom is -0.377 e. The Morgan fingerprint density at radius 2 is 1.88 bits per heavy atom. The van der Waals surface area contributed by atoms with Crippen LogP contribution in [0.1, 0.15) is 26.7 Å². The summed E-state index contributed by atoms with van der Waals surface area (Å²) in [4.78, 5) is 18.7. The second-order valence-electron chi connectivity index (χ2n) is 7.19. The fraction of sp³-hybridized carbons (Fsp3) is 0.938. The quantitative estimate of drug-likeness (QED) is 0.504. The molecule has 0 unspecified atom stereocenters. The Bertz CT molecular complexity index is 387. The SMILES string of the molecule is CC(C)CN1CCN(CCO[C@H]2C[C@H](N(C)C(=O)SSS)C2)CC1. The fourth-order valence-corrected chi connectivity index (χ4v) is 4.74. The van der Waals surface area contributed by atoms with Crippen molar-refractivity contribution in [1.29, 1.82) is 0 Å². The van der Waals surface area contributed by atoms with E-state index in [9.17, 15) is 4.79 Å². The lowest BCUT2D eigenvalue weighted by Gasteiger charge is -2.41. The zero-order valence-electron chi connectivity index (χ0n) is 15.0. The maximum Gasteiger partial charge on any atom is 0.293 e. The molecular formula is C16H31N3O2S3. The third-order valence-electron chi connectivity index (χ3n) is 4.86.